The maximum absolute atomic E-state index is 11.5. The first-order valence-corrected chi connectivity index (χ1v) is 7.82. The molecule has 0 heterocycles. The van der Waals surface area contributed by atoms with Gasteiger partial charge in [0, 0.05) is 0 Å². The van der Waals surface area contributed by atoms with Crippen LogP contribution in [0.3, 0.4) is 0 Å². The summed E-state index contributed by atoms with van der Waals surface area (Å²) >= 11 is 0. The lowest BCUT2D eigenvalue weighted by Gasteiger charge is -2.25. The normalized spacial score (nSPS) is 13.0. The molecule has 0 aliphatic heterocycles. The second-order valence-electron chi connectivity index (χ2n) is 6.45. The molecule has 0 radical (unpaired) electrons. The zero-order chi connectivity index (χ0) is 16.0. The van der Waals surface area contributed by atoms with E-state index >= 15 is 0 Å². The van der Waals surface area contributed by atoms with E-state index in [1.54, 1.807) is 6.07 Å². The Morgan fingerprint density at radius 3 is 2.52 bits per heavy atom. The number of rotatable bonds is 8. The van der Waals surface area contributed by atoms with Crippen molar-refractivity contribution in [3.8, 4) is 5.75 Å². The molecule has 0 saturated carbocycles. The zero-order valence-electron chi connectivity index (χ0n) is 13.9. The molecule has 0 aromatic heterocycles. The lowest BCUT2D eigenvalue weighted by Crippen LogP contribution is -2.20. The first kappa shape index (κ1) is 17.5. The Morgan fingerprint density at radius 2 is 2.00 bits per heavy atom. The zero-order valence-corrected chi connectivity index (χ0v) is 13.9. The van der Waals surface area contributed by atoms with E-state index in [2.05, 4.69) is 34.6 Å². The van der Waals surface area contributed by atoms with Gasteiger partial charge in [0.05, 0.1) is 12.2 Å². The van der Waals surface area contributed by atoms with Crippen LogP contribution in [0.1, 0.15) is 69.8 Å². The second kappa shape index (κ2) is 7.48. The first-order valence-electron chi connectivity index (χ1n) is 7.82. The number of carboxylic acid groups (broad SMARTS) is 1. The van der Waals surface area contributed by atoms with E-state index in [4.69, 9.17) is 4.74 Å². The molecule has 0 saturated heterocycles. The highest BCUT2D eigenvalue weighted by molar-refractivity contribution is 5.90. The summed E-state index contributed by atoms with van der Waals surface area (Å²) in [6.07, 6.45) is 3.14. The monoisotopic (exact) mass is 292 g/mol. The Labute approximate surface area is 128 Å². The van der Waals surface area contributed by atoms with Crippen LogP contribution in [0.5, 0.6) is 5.75 Å². The lowest BCUT2D eigenvalue weighted by atomic mass is 9.79. The summed E-state index contributed by atoms with van der Waals surface area (Å²) in [4.78, 5) is 11.5. The van der Waals surface area contributed by atoms with Crippen LogP contribution in [0, 0.1) is 5.92 Å². The molecule has 1 atom stereocenters. The number of carboxylic acids is 1. The molecule has 1 aromatic rings. The minimum atomic E-state index is -0.890. The van der Waals surface area contributed by atoms with Gasteiger partial charge in [-0.25, -0.2) is 4.79 Å². The molecule has 0 aliphatic rings. The number of benzene rings is 1. The van der Waals surface area contributed by atoms with Gasteiger partial charge < -0.3 is 9.84 Å². The Bertz CT molecular complexity index is 477. The van der Waals surface area contributed by atoms with Crippen molar-refractivity contribution in [1.29, 1.82) is 0 Å². The number of carbonyl (C=O) groups is 1. The van der Waals surface area contributed by atoms with Crippen LogP contribution in [0.2, 0.25) is 0 Å². The Kier molecular flexibility index (Phi) is 6.25. The molecule has 0 fully saturated rings. The number of ether oxygens (including phenoxy) is 1. The van der Waals surface area contributed by atoms with Gasteiger partial charge in [-0.2, -0.15) is 0 Å². The number of aromatic carboxylic acids is 1. The van der Waals surface area contributed by atoms with Crippen LogP contribution in [-0.4, -0.2) is 17.7 Å². The van der Waals surface area contributed by atoms with Crippen LogP contribution in [0.15, 0.2) is 18.2 Å². The summed E-state index contributed by atoms with van der Waals surface area (Å²) in [5, 5.41) is 9.46. The first-order chi connectivity index (χ1) is 9.81. The maximum Gasteiger partial charge on any atom is 0.336 e. The fraction of sp³-hybridized carbons (Fsp3) is 0.611. The van der Waals surface area contributed by atoms with Gasteiger partial charge in [0.15, 0.2) is 0 Å². The molecule has 3 heteroatoms. The predicted octanol–water partition coefficient (Wildman–Crippen LogP) is 4.89. The topological polar surface area (TPSA) is 46.5 Å². The molecule has 0 bridgehead atoms. The SMILES string of the molecule is CCCC(C)COc1ccc(C(C)(C)CC)c(C(=O)O)c1. The van der Waals surface area contributed by atoms with Gasteiger partial charge in [0.2, 0.25) is 0 Å². The molecular weight excluding hydrogens is 264 g/mol. The smallest absolute Gasteiger partial charge is 0.336 e. The molecule has 3 nitrogen and oxygen atoms in total. The molecule has 0 spiro atoms. The summed E-state index contributed by atoms with van der Waals surface area (Å²) in [7, 11) is 0. The van der Waals surface area contributed by atoms with Gasteiger partial charge in [-0.3, -0.25) is 0 Å². The average molecular weight is 292 g/mol. The summed E-state index contributed by atoms with van der Waals surface area (Å²) in [6.45, 7) is 11.1. The van der Waals surface area contributed by atoms with E-state index < -0.39 is 5.97 Å². The van der Waals surface area contributed by atoms with E-state index in [0.29, 0.717) is 23.8 Å². The van der Waals surface area contributed by atoms with Crippen molar-refractivity contribution in [2.45, 2.75) is 59.3 Å². The highest BCUT2D eigenvalue weighted by Crippen LogP contribution is 2.32. The van der Waals surface area contributed by atoms with Crippen molar-refractivity contribution in [2.75, 3.05) is 6.61 Å². The Morgan fingerprint density at radius 1 is 1.33 bits per heavy atom. The van der Waals surface area contributed by atoms with Crippen molar-refractivity contribution in [1.82, 2.24) is 0 Å². The van der Waals surface area contributed by atoms with E-state index in [-0.39, 0.29) is 5.41 Å². The van der Waals surface area contributed by atoms with Gasteiger partial charge in [0.1, 0.15) is 5.75 Å². The van der Waals surface area contributed by atoms with Gasteiger partial charge in [-0.05, 0) is 41.9 Å². The lowest BCUT2D eigenvalue weighted by molar-refractivity contribution is 0.0693. The fourth-order valence-corrected chi connectivity index (χ4v) is 2.39. The molecule has 1 N–H and O–H groups in total. The summed E-state index contributed by atoms with van der Waals surface area (Å²) < 4.78 is 5.75. The molecule has 21 heavy (non-hydrogen) atoms. The van der Waals surface area contributed by atoms with Crippen LogP contribution in [0.4, 0.5) is 0 Å². The highest BCUT2D eigenvalue weighted by atomic mass is 16.5. The summed E-state index contributed by atoms with van der Waals surface area (Å²) in [6, 6.07) is 5.44. The summed E-state index contributed by atoms with van der Waals surface area (Å²) in [5.41, 5.74) is 1.07. The van der Waals surface area contributed by atoms with Crippen molar-refractivity contribution in [3.63, 3.8) is 0 Å². The molecule has 118 valence electrons. The third-order valence-corrected chi connectivity index (χ3v) is 4.15. The Hall–Kier alpha value is -1.51. The molecule has 0 aliphatic carbocycles. The third kappa shape index (κ3) is 4.76. The standard InChI is InChI=1S/C18H28O3/c1-6-8-13(3)12-21-14-9-10-16(18(4,5)7-2)15(11-14)17(19)20/h9-11,13H,6-8,12H2,1-5H3,(H,19,20). The minimum absolute atomic E-state index is 0.151. The van der Waals surface area contributed by atoms with Crippen LogP contribution >= 0.6 is 0 Å². The summed E-state index contributed by atoms with van der Waals surface area (Å²) in [5.74, 6) is 0.236. The van der Waals surface area contributed by atoms with E-state index in [0.717, 1.165) is 24.8 Å². The number of hydrogen-bond acceptors (Lipinski definition) is 2. The highest BCUT2D eigenvalue weighted by Gasteiger charge is 2.24. The van der Waals surface area contributed by atoms with Crippen LogP contribution in [-0.2, 0) is 5.41 Å². The Balaban J connectivity index is 2.96. The van der Waals surface area contributed by atoms with Crippen LogP contribution < -0.4 is 4.74 Å². The van der Waals surface area contributed by atoms with Crippen molar-refractivity contribution < 1.29 is 14.6 Å². The molecular formula is C18H28O3. The fourth-order valence-electron chi connectivity index (χ4n) is 2.39. The average Bonchev–Trinajstić information content (AvgIpc) is 2.45. The molecule has 1 unspecified atom stereocenters. The molecule has 0 amide bonds. The largest absolute Gasteiger partial charge is 0.493 e. The van der Waals surface area contributed by atoms with Gasteiger partial charge >= 0.3 is 5.97 Å². The van der Waals surface area contributed by atoms with E-state index in [1.807, 2.05) is 12.1 Å². The third-order valence-electron chi connectivity index (χ3n) is 4.15. The second-order valence-corrected chi connectivity index (χ2v) is 6.45. The quantitative estimate of drug-likeness (QED) is 0.742. The van der Waals surface area contributed by atoms with Gasteiger partial charge in [-0.15, -0.1) is 0 Å². The number of hydrogen-bond donors (Lipinski definition) is 1. The maximum atomic E-state index is 11.5. The van der Waals surface area contributed by atoms with Crippen molar-refractivity contribution >= 4 is 5.97 Å². The van der Waals surface area contributed by atoms with Gasteiger partial charge in [-0.1, -0.05) is 47.1 Å². The van der Waals surface area contributed by atoms with Crippen molar-refractivity contribution in [3.05, 3.63) is 29.3 Å². The molecule has 1 aromatic carbocycles. The minimum Gasteiger partial charge on any atom is -0.493 e. The molecule has 1 rings (SSSR count). The van der Waals surface area contributed by atoms with E-state index in [9.17, 15) is 9.90 Å². The van der Waals surface area contributed by atoms with Crippen LogP contribution in [0.25, 0.3) is 0 Å². The van der Waals surface area contributed by atoms with Crippen molar-refractivity contribution in [2.24, 2.45) is 5.92 Å². The van der Waals surface area contributed by atoms with E-state index in [1.165, 1.54) is 0 Å². The van der Waals surface area contributed by atoms with Gasteiger partial charge in [0.25, 0.3) is 0 Å². The predicted molar refractivity (Wildman–Crippen MR) is 86.3 cm³/mol.